The van der Waals surface area contributed by atoms with Crippen molar-refractivity contribution in [1.82, 2.24) is 0 Å². The molecule has 1 atom stereocenters. The summed E-state index contributed by atoms with van der Waals surface area (Å²) in [6.45, 7) is 8.07. The summed E-state index contributed by atoms with van der Waals surface area (Å²) in [6, 6.07) is 0. The first-order chi connectivity index (χ1) is 4.68. The van der Waals surface area contributed by atoms with Crippen LogP contribution in [0.1, 0.15) is 20.3 Å². The van der Waals surface area contributed by atoms with Crippen LogP contribution in [0.2, 0.25) is 0 Å². The van der Waals surface area contributed by atoms with Crippen LogP contribution in [0, 0.1) is 0 Å². The fourth-order valence-corrected chi connectivity index (χ4v) is 1.05. The first-order valence-corrected chi connectivity index (χ1v) is 4.38. The number of hydrogen-bond acceptors (Lipinski definition) is 2. The Bertz CT molecular complexity index is 106. The topological polar surface area (TPSA) is 18.5 Å². The van der Waals surface area contributed by atoms with Crippen molar-refractivity contribution in [2.45, 2.75) is 24.1 Å². The number of ether oxygens (including phenoxy) is 2. The van der Waals surface area contributed by atoms with Gasteiger partial charge < -0.3 is 9.47 Å². The van der Waals surface area contributed by atoms with E-state index in [1.54, 1.807) is 0 Å². The van der Waals surface area contributed by atoms with Crippen LogP contribution < -0.4 is 0 Å². The monoisotopic (exact) mass is 256 g/mol. The highest BCUT2D eigenvalue weighted by Gasteiger charge is 2.24. The number of alkyl halides is 1. The molecule has 0 radical (unpaired) electrons. The van der Waals surface area contributed by atoms with Gasteiger partial charge in [-0.25, -0.2) is 0 Å². The van der Waals surface area contributed by atoms with Crippen LogP contribution in [0.25, 0.3) is 0 Å². The molecule has 0 saturated heterocycles. The van der Waals surface area contributed by atoms with E-state index in [1.165, 1.54) is 6.26 Å². The van der Waals surface area contributed by atoms with E-state index in [9.17, 15) is 0 Å². The molecule has 3 heteroatoms. The fourth-order valence-electron chi connectivity index (χ4n) is 0.559. The van der Waals surface area contributed by atoms with Gasteiger partial charge in [0.15, 0.2) is 0 Å². The molecule has 0 heterocycles. The smallest absolute Gasteiger partial charge is 0.261 e. The van der Waals surface area contributed by atoms with Crippen molar-refractivity contribution in [3.63, 3.8) is 0 Å². The first kappa shape index (κ1) is 10.2. The number of halogens is 1. The van der Waals surface area contributed by atoms with Gasteiger partial charge in [-0.1, -0.05) is 13.5 Å². The molecule has 0 amide bonds. The molecule has 0 fully saturated rings. The minimum Gasteiger partial charge on any atom is -0.461 e. The van der Waals surface area contributed by atoms with E-state index in [0.717, 1.165) is 6.42 Å². The Hall–Kier alpha value is 0.230. The van der Waals surface area contributed by atoms with Gasteiger partial charge in [-0.15, -0.1) is 0 Å². The van der Waals surface area contributed by atoms with Crippen molar-refractivity contribution in [2.24, 2.45) is 0 Å². The molecule has 0 rings (SSSR count). The van der Waals surface area contributed by atoms with Crippen molar-refractivity contribution in [2.75, 3.05) is 6.61 Å². The van der Waals surface area contributed by atoms with Crippen molar-refractivity contribution in [3.05, 3.63) is 12.8 Å². The molecular formula is C7H13IO2. The standard InChI is InChI=1S/C7H13IO2/c1-4-7(8,9-5-2)10-6-3/h5H,2,4,6H2,1,3H3. The molecule has 1 unspecified atom stereocenters. The molecule has 0 aliphatic rings. The molecule has 0 bridgehead atoms. The predicted octanol–water partition coefficient (Wildman–Crippen LogP) is 2.68. The zero-order valence-corrected chi connectivity index (χ0v) is 8.55. The highest BCUT2D eigenvalue weighted by molar-refractivity contribution is 14.1. The second-order valence-corrected chi connectivity index (χ2v) is 3.37. The summed E-state index contributed by atoms with van der Waals surface area (Å²) in [5.74, 6) is 0. The van der Waals surface area contributed by atoms with E-state index in [-0.39, 0.29) is 0 Å². The van der Waals surface area contributed by atoms with Gasteiger partial charge in [0, 0.05) is 35.6 Å². The van der Waals surface area contributed by atoms with Gasteiger partial charge in [0.25, 0.3) is 3.79 Å². The lowest BCUT2D eigenvalue weighted by atomic mass is 10.5. The summed E-state index contributed by atoms with van der Waals surface area (Å²) in [7, 11) is 0. The van der Waals surface area contributed by atoms with Gasteiger partial charge in [-0.3, -0.25) is 0 Å². The van der Waals surface area contributed by atoms with Crippen LogP contribution in [-0.2, 0) is 9.47 Å². The summed E-state index contributed by atoms with van der Waals surface area (Å²) < 4.78 is 9.95. The average Bonchev–Trinajstić information content (AvgIpc) is 1.89. The molecule has 0 aliphatic carbocycles. The van der Waals surface area contributed by atoms with Crippen LogP contribution in [0.5, 0.6) is 0 Å². The zero-order valence-electron chi connectivity index (χ0n) is 6.39. The molecule has 10 heavy (non-hydrogen) atoms. The van der Waals surface area contributed by atoms with E-state index in [4.69, 9.17) is 9.47 Å². The predicted molar refractivity (Wildman–Crippen MR) is 50.0 cm³/mol. The van der Waals surface area contributed by atoms with Gasteiger partial charge in [0.2, 0.25) is 0 Å². The highest BCUT2D eigenvalue weighted by atomic mass is 127. The summed E-state index contributed by atoms with van der Waals surface area (Å²) in [5, 5.41) is 0. The Kier molecular flexibility index (Phi) is 5.07. The maximum Gasteiger partial charge on any atom is 0.261 e. The lowest BCUT2D eigenvalue weighted by molar-refractivity contribution is -0.118. The largest absolute Gasteiger partial charge is 0.461 e. The van der Waals surface area contributed by atoms with Crippen LogP contribution >= 0.6 is 22.6 Å². The lowest BCUT2D eigenvalue weighted by Crippen LogP contribution is -2.25. The third-order valence-corrected chi connectivity index (χ3v) is 2.37. The van der Waals surface area contributed by atoms with E-state index in [2.05, 4.69) is 29.2 Å². The minimum atomic E-state index is -0.506. The van der Waals surface area contributed by atoms with Crippen molar-refractivity contribution in [3.8, 4) is 0 Å². The van der Waals surface area contributed by atoms with Gasteiger partial charge in [-0.05, 0) is 6.92 Å². The molecule has 60 valence electrons. The van der Waals surface area contributed by atoms with Crippen LogP contribution in [-0.4, -0.2) is 10.4 Å². The van der Waals surface area contributed by atoms with E-state index < -0.39 is 3.79 Å². The maximum atomic E-state index is 5.31. The molecular weight excluding hydrogens is 243 g/mol. The molecule has 2 nitrogen and oxygen atoms in total. The molecule has 0 aromatic heterocycles. The van der Waals surface area contributed by atoms with E-state index in [0.29, 0.717) is 6.61 Å². The number of hydrogen-bond donors (Lipinski definition) is 0. The Labute approximate surface area is 75.7 Å². The first-order valence-electron chi connectivity index (χ1n) is 3.30. The van der Waals surface area contributed by atoms with Crippen molar-refractivity contribution in [1.29, 1.82) is 0 Å². The van der Waals surface area contributed by atoms with Crippen molar-refractivity contribution < 1.29 is 9.47 Å². The molecule has 0 aliphatic heterocycles. The summed E-state index contributed by atoms with van der Waals surface area (Å²) in [4.78, 5) is 0. The molecule has 0 spiro atoms. The highest BCUT2D eigenvalue weighted by Crippen LogP contribution is 2.26. The van der Waals surface area contributed by atoms with Gasteiger partial charge in [0.1, 0.15) is 0 Å². The summed E-state index contributed by atoms with van der Waals surface area (Å²) in [5.41, 5.74) is 0. The van der Waals surface area contributed by atoms with Crippen LogP contribution in [0.3, 0.4) is 0 Å². The Morgan fingerprint density at radius 2 is 2.20 bits per heavy atom. The molecule has 0 aromatic carbocycles. The second kappa shape index (κ2) is 4.96. The normalized spacial score (nSPS) is 15.9. The zero-order chi connectivity index (χ0) is 8.04. The minimum absolute atomic E-state index is 0.506. The molecule has 0 saturated carbocycles. The third kappa shape index (κ3) is 3.41. The van der Waals surface area contributed by atoms with Crippen LogP contribution in [0.4, 0.5) is 0 Å². The SMILES string of the molecule is C=COC(I)(CC)OCC. The van der Waals surface area contributed by atoms with Crippen molar-refractivity contribution >= 4 is 22.6 Å². The van der Waals surface area contributed by atoms with Gasteiger partial charge in [0.05, 0.1) is 6.26 Å². The molecule has 0 aromatic rings. The fraction of sp³-hybridized carbons (Fsp3) is 0.714. The maximum absolute atomic E-state index is 5.31. The Balaban J connectivity index is 3.80. The van der Waals surface area contributed by atoms with Gasteiger partial charge >= 0.3 is 0 Å². The quantitative estimate of drug-likeness (QED) is 0.326. The summed E-state index contributed by atoms with van der Waals surface area (Å²) >= 11 is 2.12. The third-order valence-electron chi connectivity index (χ3n) is 1.04. The average molecular weight is 256 g/mol. The molecule has 0 N–H and O–H groups in total. The van der Waals surface area contributed by atoms with Gasteiger partial charge in [-0.2, -0.15) is 0 Å². The van der Waals surface area contributed by atoms with E-state index >= 15 is 0 Å². The summed E-state index contributed by atoms with van der Waals surface area (Å²) in [6.07, 6.45) is 2.22. The lowest BCUT2D eigenvalue weighted by Gasteiger charge is -2.24. The second-order valence-electron chi connectivity index (χ2n) is 1.73. The number of rotatable bonds is 5. The Morgan fingerprint density at radius 1 is 1.60 bits per heavy atom. The Morgan fingerprint density at radius 3 is 2.50 bits per heavy atom. The van der Waals surface area contributed by atoms with E-state index in [1.807, 2.05) is 13.8 Å². The van der Waals surface area contributed by atoms with Crippen LogP contribution in [0.15, 0.2) is 12.8 Å².